The van der Waals surface area contributed by atoms with Gasteiger partial charge in [-0.25, -0.2) is 13.2 Å². The van der Waals surface area contributed by atoms with Gasteiger partial charge >= 0.3 is 6.03 Å². The molecule has 0 saturated carbocycles. The van der Waals surface area contributed by atoms with Crippen molar-refractivity contribution in [3.8, 4) is 0 Å². The van der Waals surface area contributed by atoms with E-state index >= 15 is 0 Å². The fourth-order valence-corrected chi connectivity index (χ4v) is 4.72. The van der Waals surface area contributed by atoms with Crippen LogP contribution in [-0.2, 0) is 9.84 Å². The molecule has 29 heavy (non-hydrogen) atoms. The number of carbonyl (C=O) groups excluding carboxylic acids is 2. The molecular formula is C20H23N3O5S. The molecule has 4 N–H and O–H groups in total. The Morgan fingerprint density at radius 3 is 2.38 bits per heavy atom. The number of rotatable bonds is 6. The third-order valence-electron chi connectivity index (χ3n) is 4.61. The van der Waals surface area contributed by atoms with Gasteiger partial charge in [0.1, 0.15) is 0 Å². The van der Waals surface area contributed by atoms with Crippen LogP contribution in [0, 0.1) is 0 Å². The Labute approximate surface area is 169 Å². The van der Waals surface area contributed by atoms with Crippen LogP contribution in [0.15, 0.2) is 54.6 Å². The minimum atomic E-state index is -3.06. The maximum atomic E-state index is 12.2. The highest BCUT2D eigenvalue weighted by molar-refractivity contribution is 7.91. The van der Waals surface area contributed by atoms with Gasteiger partial charge in [0.2, 0.25) is 0 Å². The number of hydrogen-bond acceptors (Lipinski definition) is 5. The Morgan fingerprint density at radius 2 is 1.76 bits per heavy atom. The van der Waals surface area contributed by atoms with Crippen molar-refractivity contribution in [1.82, 2.24) is 10.6 Å². The number of carbonyl (C=O) groups is 2. The predicted molar refractivity (Wildman–Crippen MR) is 109 cm³/mol. The van der Waals surface area contributed by atoms with Crippen LogP contribution in [0.5, 0.6) is 0 Å². The van der Waals surface area contributed by atoms with Gasteiger partial charge in [0, 0.05) is 23.8 Å². The molecule has 3 rings (SSSR count). The lowest BCUT2D eigenvalue weighted by Gasteiger charge is -2.13. The largest absolute Gasteiger partial charge is 0.387 e. The first-order chi connectivity index (χ1) is 13.8. The first-order valence-corrected chi connectivity index (χ1v) is 11.0. The van der Waals surface area contributed by atoms with Gasteiger partial charge in [0.15, 0.2) is 9.84 Å². The Hall–Kier alpha value is -2.91. The highest BCUT2D eigenvalue weighted by atomic mass is 32.2. The maximum Gasteiger partial charge on any atom is 0.319 e. The molecule has 1 fully saturated rings. The third-order valence-corrected chi connectivity index (χ3v) is 6.38. The highest BCUT2D eigenvalue weighted by Crippen LogP contribution is 2.14. The molecule has 0 radical (unpaired) electrons. The fourth-order valence-electron chi connectivity index (χ4n) is 3.05. The fraction of sp³-hybridized carbons (Fsp3) is 0.300. The van der Waals surface area contributed by atoms with Crippen LogP contribution in [0.25, 0.3) is 0 Å². The zero-order valence-electron chi connectivity index (χ0n) is 15.7. The van der Waals surface area contributed by atoms with Crippen LogP contribution in [0.3, 0.4) is 0 Å². The average molecular weight is 417 g/mol. The number of anilines is 1. The number of benzene rings is 2. The normalized spacial score (nSPS) is 18.6. The first kappa shape index (κ1) is 20.8. The number of urea groups is 1. The molecule has 2 aromatic rings. The molecule has 2 aromatic carbocycles. The molecule has 1 saturated heterocycles. The van der Waals surface area contributed by atoms with Gasteiger partial charge < -0.3 is 21.1 Å². The summed E-state index contributed by atoms with van der Waals surface area (Å²) < 4.78 is 22.9. The molecule has 1 aliphatic heterocycles. The van der Waals surface area contributed by atoms with Crippen molar-refractivity contribution in [2.45, 2.75) is 18.6 Å². The standard InChI is InChI=1S/C20H23N3O5S/c24-18(14-4-2-1-3-5-14)12-21-19(25)15-6-8-16(9-7-15)22-20(26)23-17-10-11-29(27,28)13-17/h1-9,17-18,24H,10-13H2,(H,21,25)(H2,22,23,26)/t17-,18+/m0/s1. The third kappa shape index (κ3) is 6.03. The van der Waals surface area contributed by atoms with E-state index in [2.05, 4.69) is 16.0 Å². The van der Waals surface area contributed by atoms with E-state index < -0.39 is 22.0 Å². The Balaban J connectivity index is 1.47. The van der Waals surface area contributed by atoms with Crippen LogP contribution < -0.4 is 16.0 Å². The van der Waals surface area contributed by atoms with Crippen LogP contribution in [-0.4, -0.2) is 49.6 Å². The maximum absolute atomic E-state index is 12.2. The second-order valence-corrected chi connectivity index (χ2v) is 9.14. The second-order valence-electron chi connectivity index (χ2n) is 6.91. The Kier molecular flexibility index (Phi) is 6.50. The quantitative estimate of drug-likeness (QED) is 0.566. The number of aliphatic hydroxyl groups excluding tert-OH is 1. The summed E-state index contributed by atoms with van der Waals surface area (Å²) >= 11 is 0. The van der Waals surface area contributed by atoms with Crippen molar-refractivity contribution in [1.29, 1.82) is 0 Å². The average Bonchev–Trinajstić information content (AvgIpc) is 3.05. The van der Waals surface area contributed by atoms with Crippen LogP contribution in [0.2, 0.25) is 0 Å². The molecule has 0 aliphatic carbocycles. The summed E-state index contributed by atoms with van der Waals surface area (Å²) in [6.45, 7) is 0.0789. The smallest absolute Gasteiger partial charge is 0.319 e. The topological polar surface area (TPSA) is 125 Å². The van der Waals surface area contributed by atoms with Crippen molar-refractivity contribution >= 4 is 27.5 Å². The van der Waals surface area contributed by atoms with E-state index in [1.807, 2.05) is 18.2 Å². The summed E-state index contributed by atoms with van der Waals surface area (Å²) in [5.41, 5.74) is 1.58. The molecule has 154 valence electrons. The number of aliphatic hydroxyl groups is 1. The van der Waals surface area contributed by atoms with E-state index in [0.717, 1.165) is 0 Å². The van der Waals surface area contributed by atoms with Crippen LogP contribution in [0.1, 0.15) is 28.4 Å². The Bertz CT molecular complexity index is 961. The lowest BCUT2D eigenvalue weighted by Crippen LogP contribution is -2.38. The molecule has 8 nitrogen and oxygen atoms in total. The molecule has 1 aliphatic rings. The lowest BCUT2D eigenvalue weighted by molar-refractivity contribution is 0.0916. The summed E-state index contributed by atoms with van der Waals surface area (Å²) in [4.78, 5) is 24.2. The van der Waals surface area contributed by atoms with Gasteiger partial charge in [-0.05, 0) is 36.2 Å². The van der Waals surface area contributed by atoms with E-state index in [4.69, 9.17) is 0 Å². The summed E-state index contributed by atoms with van der Waals surface area (Å²) in [5, 5.41) is 18.0. The molecular weight excluding hydrogens is 394 g/mol. The molecule has 9 heteroatoms. The molecule has 2 atom stereocenters. The van der Waals surface area contributed by atoms with E-state index in [1.165, 1.54) is 0 Å². The molecule has 0 unspecified atom stereocenters. The SMILES string of the molecule is O=C(Nc1ccc(C(=O)NC[C@@H](O)c2ccccc2)cc1)N[C@H]1CCS(=O)(=O)C1. The van der Waals surface area contributed by atoms with E-state index in [-0.39, 0.29) is 30.0 Å². The van der Waals surface area contributed by atoms with Crippen LogP contribution >= 0.6 is 0 Å². The minimum Gasteiger partial charge on any atom is -0.387 e. The molecule has 1 heterocycles. The van der Waals surface area contributed by atoms with Gasteiger partial charge in [0.05, 0.1) is 17.6 Å². The molecule has 0 bridgehead atoms. The summed E-state index contributed by atoms with van der Waals surface area (Å²) in [6.07, 6.45) is -0.395. The lowest BCUT2D eigenvalue weighted by atomic mass is 10.1. The zero-order chi connectivity index (χ0) is 20.9. The van der Waals surface area contributed by atoms with Gasteiger partial charge in [-0.3, -0.25) is 4.79 Å². The monoisotopic (exact) mass is 417 g/mol. The van der Waals surface area contributed by atoms with Gasteiger partial charge in [-0.2, -0.15) is 0 Å². The first-order valence-electron chi connectivity index (χ1n) is 9.21. The van der Waals surface area contributed by atoms with Crippen molar-refractivity contribution in [2.24, 2.45) is 0 Å². The van der Waals surface area contributed by atoms with Gasteiger partial charge in [0.25, 0.3) is 5.91 Å². The number of nitrogens with one attached hydrogen (secondary N) is 3. The van der Waals surface area contributed by atoms with E-state index in [1.54, 1.807) is 36.4 Å². The van der Waals surface area contributed by atoms with Crippen molar-refractivity contribution in [3.05, 3.63) is 65.7 Å². The van der Waals surface area contributed by atoms with E-state index in [0.29, 0.717) is 23.2 Å². The number of sulfone groups is 1. The molecule has 0 aromatic heterocycles. The predicted octanol–water partition coefficient (Wildman–Crippen LogP) is 1.46. The Morgan fingerprint density at radius 1 is 1.07 bits per heavy atom. The molecule has 3 amide bonds. The zero-order valence-corrected chi connectivity index (χ0v) is 16.5. The van der Waals surface area contributed by atoms with Crippen molar-refractivity contribution in [2.75, 3.05) is 23.4 Å². The summed E-state index contributed by atoms with van der Waals surface area (Å²) in [6, 6.07) is 14.4. The van der Waals surface area contributed by atoms with Gasteiger partial charge in [-0.1, -0.05) is 30.3 Å². The minimum absolute atomic E-state index is 0.0473. The number of amides is 3. The van der Waals surface area contributed by atoms with Crippen LogP contribution in [0.4, 0.5) is 10.5 Å². The number of hydrogen-bond donors (Lipinski definition) is 4. The van der Waals surface area contributed by atoms with Crippen molar-refractivity contribution in [3.63, 3.8) is 0 Å². The van der Waals surface area contributed by atoms with Crippen molar-refractivity contribution < 1.29 is 23.1 Å². The summed E-state index contributed by atoms with van der Waals surface area (Å²) in [5.74, 6) is -0.304. The van der Waals surface area contributed by atoms with E-state index in [9.17, 15) is 23.1 Å². The summed E-state index contributed by atoms with van der Waals surface area (Å²) in [7, 11) is -3.06. The van der Waals surface area contributed by atoms with Gasteiger partial charge in [-0.15, -0.1) is 0 Å². The molecule has 0 spiro atoms. The highest BCUT2D eigenvalue weighted by Gasteiger charge is 2.28. The second kappa shape index (κ2) is 9.06.